The average Bonchev–Trinajstić information content (AvgIpc) is 2.73. The van der Waals surface area contributed by atoms with E-state index >= 15 is 0 Å². The summed E-state index contributed by atoms with van der Waals surface area (Å²) in [7, 11) is 0. The van der Waals surface area contributed by atoms with Crippen molar-refractivity contribution in [2.24, 2.45) is 11.3 Å². The summed E-state index contributed by atoms with van der Waals surface area (Å²) in [4.78, 5) is 14.1. The Labute approximate surface area is 97.1 Å². The van der Waals surface area contributed by atoms with E-state index in [4.69, 9.17) is 4.74 Å². The Morgan fingerprint density at radius 1 is 1.38 bits per heavy atom. The molecule has 0 radical (unpaired) electrons. The van der Waals surface area contributed by atoms with Crippen LogP contribution < -0.4 is 0 Å². The predicted octanol–water partition coefficient (Wildman–Crippen LogP) is 1.81. The summed E-state index contributed by atoms with van der Waals surface area (Å²) < 4.78 is 5.47. The lowest BCUT2D eigenvalue weighted by Crippen LogP contribution is -2.44. The number of rotatable bonds is 1. The van der Waals surface area contributed by atoms with Gasteiger partial charge in [-0.2, -0.15) is 0 Å². The van der Waals surface area contributed by atoms with Crippen LogP contribution in [0.4, 0.5) is 0 Å². The molecule has 0 aromatic rings. The lowest BCUT2D eigenvalue weighted by molar-refractivity contribution is -0.142. The SMILES string of the molecule is C[C@@H]1CC12CCN(C(=O)[C@H]1CCCO1)CC2. The van der Waals surface area contributed by atoms with Crippen LogP contribution in [0.1, 0.15) is 39.0 Å². The number of hydrogen-bond acceptors (Lipinski definition) is 2. The second kappa shape index (κ2) is 3.73. The van der Waals surface area contributed by atoms with Crippen LogP contribution in [0, 0.1) is 11.3 Å². The standard InChI is InChI=1S/C13H21NO2/c1-10-9-13(10)4-6-14(7-5-13)12(15)11-3-2-8-16-11/h10-11H,2-9H2,1H3/t10-,11-/m1/s1. The second-order valence-electron chi connectivity index (χ2n) is 5.79. The first-order chi connectivity index (χ1) is 7.71. The van der Waals surface area contributed by atoms with Crippen LogP contribution in [0.5, 0.6) is 0 Å². The fraction of sp³-hybridized carbons (Fsp3) is 0.923. The summed E-state index contributed by atoms with van der Waals surface area (Å²) in [6, 6.07) is 0. The number of likely N-dealkylation sites (tertiary alicyclic amines) is 1. The summed E-state index contributed by atoms with van der Waals surface area (Å²) in [6.45, 7) is 5.04. The van der Waals surface area contributed by atoms with Crippen LogP contribution in [0.3, 0.4) is 0 Å². The fourth-order valence-corrected chi connectivity index (χ4v) is 3.40. The van der Waals surface area contributed by atoms with Crippen molar-refractivity contribution in [2.45, 2.75) is 45.1 Å². The van der Waals surface area contributed by atoms with Crippen molar-refractivity contribution >= 4 is 5.91 Å². The summed E-state index contributed by atoms with van der Waals surface area (Å²) in [5, 5.41) is 0. The van der Waals surface area contributed by atoms with Gasteiger partial charge in [0.1, 0.15) is 6.10 Å². The molecule has 1 saturated carbocycles. The number of ether oxygens (including phenoxy) is 1. The second-order valence-corrected chi connectivity index (χ2v) is 5.79. The molecule has 2 saturated heterocycles. The van der Waals surface area contributed by atoms with Crippen LogP contribution in [-0.2, 0) is 9.53 Å². The smallest absolute Gasteiger partial charge is 0.251 e. The molecule has 0 aromatic heterocycles. The summed E-state index contributed by atoms with van der Waals surface area (Å²) in [6.07, 6.45) is 5.67. The Morgan fingerprint density at radius 2 is 2.06 bits per heavy atom. The Kier molecular flexibility index (Phi) is 2.46. The third-order valence-electron chi connectivity index (χ3n) is 4.87. The Hall–Kier alpha value is -0.570. The molecule has 2 aliphatic heterocycles. The van der Waals surface area contributed by atoms with Gasteiger partial charge in [-0.3, -0.25) is 4.79 Å². The van der Waals surface area contributed by atoms with E-state index in [0.29, 0.717) is 5.41 Å². The topological polar surface area (TPSA) is 29.5 Å². The maximum atomic E-state index is 12.1. The molecule has 0 aromatic carbocycles. The number of amides is 1. The normalized spacial score (nSPS) is 36.7. The molecule has 1 aliphatic carbocycles. The van der Waals surface area contributed by atoms with Crippen LogP contribution in [0.15, 0.2) is 0 Å². The van der Waals surface area contributed by atoms with E-state index in [2.05, 4.69) is 6.92 Å². The van der Waals surface area contributed by atoms with Crippen LogP contribution in [-0.4, -0.2) is 36.6 Å². The molecular weight excluding hydrogens is 202 g/mol. The highest BCUT2D eigenvalue weighted by atomic mass is 16.5. The lowest BCUT2D eigenvalue weighted by Gasteiger charge is -2.34. The zero-order valence-electron chi connectivity index (χ0n) is 10.1. The van der Waals surface area contributed by atoms with E-state index in [0.717, 1.165) is 38.5 Å². The van der Waals surface area contributed by atoms with E-state index in [-0.39, 0.29) is 12.0 Å². The molecule has 3 fully saturated rings. The number of carbonyl (C=O) groups excluding carboxylic acids is 1. The molecule has 2 heterocycles. The first-order valence-electron chi connectivity index (χ1n) is 6.62. The largest absolute Gasteiger partial charge is 0.368 e. The van der Waals surface area contributed by atoms with Crippen LogP contribution in [0.25, 0.3) is 0 Å². The molecule has 0 N–H and O–H groups in total. The summed E-state index contributed by atoms with van der Waals surface area (Å²) in [5.74, 6) is 1.15. The monoisotopic (exact) mass is 223 g/mol. The van der Waals surface area contributed by atoms with Crippen molar-refractivity contribution in [2.75, 3.05) is 19.7 Å². The van der Waals surface area contributed by atoms with Gasteiger partial charge in [-0.05, 0) is 43.4 Å². The third kappa shape index (κ3) is 1.65. The Bertz CT molecular complexity index is 288. The molecule has 3 nitrogen and oxygen atoms in total. The summed E-state index contributed by atoms with van der Waals surface area (Å²) >= 11 is 0. The van der Waals surface area contributed by atoms with Gasteiger partial charge in [-0.25, -0.2) is 0 Å². The molecule has 3 aliphatic rings. The van der Waals surface area contributed by atoms with Gasteiger partial charge in [-0.1, -0.05) is 6.92 Å². The molecule has 3 heteroatoms. The van der Waals surface area contributed by atoms with E-state index < -0.39 is 0 Å². The van der Waals surface area contributed by atoms with Crippen molar-refractivity contribution in [3.63, 3.8) is 0 Å². The molecule has 0 unspecified atom stereocenters. The van der Waals surface area contributed by atoms with E-state index in [1.807, 2.05) is 4.90 Å². The fourth-order valence-electron chi connectivity index (χ4n) is 3.40. The molecular formula is C13H21NO2. The van der Waals surface area contributed by atoms with E-state index in [1.165, 1.54) is 19.3 Å². The molecule has 90 valence electrons. The van der Waals surface area contributed by atoms with Gasteiger partial charge in [0.2, 0.25) is 0 Å². The zero-order valence-corrected chi connectivity index (χ0v) is 10.1. The van der Waals surface area contributed by atoms with Gasteiger partial charge >= 0.3 is 0 Å². The van der Waals surface area contributed by atoms with E-state index in [1.54, 1.807) is 0 Å². The quantitative estimate of drug-likeness (QED) is 0.678. The maximum absolute atomic E-state index is 12.1. The van der Waals surface area contributed by atoms with Crippen molar-refractivity contribution in [3.05, 3.63) is 0 Å². The molecule has 16 heavy (non-hydrogen) atoms. The number of piperidine rings is 1. The van der Waals surface area contributed by atoms with E-state index in [9.17, 15) is 4.79 Å². The maximum Gasteiger partial charge on any atom is 0.251 e. The minimum Gasteiger partial charge on any atom is -0.368 e. The van der Waals surface area contributed by atoms with Crippen molar-refractivity contribution in [1.29, 1.82) is 0 Å². The lowest BCUT2D eigenvalue weighted by atomic mass is 9.91. The van der Waals surface area contributed by atoms with Gasteiger partial charge in [0, 0.05) is 19.7 Å². The van der Waals surface area contributed by atoms with Gasteiger partial charge < -0.3 is 9.64 Å². The van der Waals surface area contributed by atoms with Gasteiger partial charge in [-0.15, -0.1) is 0 Å². The Balaban J connectivity index is 1.55. The van der Waals surface area contributed by atoms with Gasteiger partial charge in [0.25, 0.3) is 5.91 Å². The molecule has 2 atom stereocenters. The average molecular weight is 223 g/mol. The highest BCUT2D eigenvalue weighted by molar-refractivity contribution is 5.81. The summed E-state index contributed by atoms with van der Waals surface area (Å²) in [5.41, 5.74) is 0.618. The Morgan fingerprint density at radius 3 is 2.56 bits per heavy atom. The molecule has 0 bridgehead atoms. The molecule has 3 rings (SSSR count). The highest BCUT2D eigenvalue weighted by Crippen LogP contribution is 2.58. The first-order valence-corrected chi connectivity index (χ1v) is 6.62. The molecule has 1 amide bonds. The van der Waals surface area contributed by atoms with Crippen molar-refractivity contribution in [1.82, 2.24) is 4.90 Å². The minimum atomic E-state index is -0.120. The van der Waals surface area contributed by atoms with Crippen LogP contribution >= 0.6 is 0 Å². The third-order valence-corrected chi connectivity index (χ3v) is 4.87. The first kappa shape index (κ1) is 10.6. The predicted molar refractivity (Wildman–Crippen MR) is 61.0 cm³/mol. The van der Waals surface area contributed by atoms with Crippen LogP contribution in [0.2, 0.25) is 0 Å². The number of hydrogen-bond donors (Lipinski definition) is 0. The van der Waals surface area contributed by atoms with Crippen molar-refractivity contribution < 1.29 is 9.53 Å². The number of nitrogens with zero attached hydrogens (tertiary/aromatic N) is 1. The highest BCUT2D eigenvalue weighted by Gasteiger charge is 2.52. The van der Waals surface area contributed by atoms with Crippen molar-refractivity contribution in [3.8, 4) is 0 Å². The zero-order chi connectivity index (χ0) is 11.2. The van der Waals surface area contributed by atoms with Gasteiger partial charge in [0.05, 0.1) is 0 Å². The minimum absolute atomic E-state index is 0.120. The molecule has 1 spiro atoms. The number of carbonyl (C=O) groups is 1. The van der Waals surface area contributed by atoms with Gasteiger partial charge in [0.15, 0.2) is 0 Å².